The summed E-state index contributed by atoms with van der Waals surface area (Å²) >= 11 is 0. The highest BCUT2D eigenvalue weighted by molar-refractivity contribution is 5.94. The lowest BCUT2D eigenvalue weighted by Gasteiger charge is -2.33. The Kier molecular flexibility index (Phi) is 9.11. The van der Waals surface area contributed by atoms with E-state index in [-0.39, 0.29) is 24.5 Å². The minimum Gasteiger partial charge on any atom is -0.481 e. The normalized spacial score (nSPS) is 14.8. The molecule has 2 aromatic carbocycles. The van der Waals surface area contributed by atoms with E-state index >= 15 is 0 Å². The van der Waals surface area contributed by atoms with Gasteiger partial charge in [-0.15, -0.1) is 0 Å². The first-order chi connectivity index (χ1) is 16.8. The highest BCUT2D eigenvalue weighted by Crippen LogP contribution is 2.21. The minimum atomic E-state index is -0.783. The van der Waals surface area contributed by atoms with Gasteiger partial charge in [0.25, 0.3) is 11.8 Å². The number of hydrogen-bond acceptors (Lipinski definition) is 6. The number of amides is 2. The number of rotatable bonds is 8. The monoisotopic (exact) mass is 482 g/mol. The van der Waals surface area contributed by atoms with Crippen molar-refractivity contribution < 1.29 is 28.6 Å². The lowest BCUT2D eigenvalue weighted by molar-refractivity contribution is -0.139. The minimum absolute atomic E-state index is 0.0261. The molecule has 0 aliphatic carbocycles. The number of ether oxygens (including phenoxy) is 3. The summed E-state index contributed by atoms with van der Waals surface area (Å²) in [7, 11) is 0. The van der Waals surface area contributed by atoms with E-state index in [2.05, 4.69) is 19.2 Å². The Hall–Kier alpha value is -3.55. The predicted octanol–water partition coefficient (Wildman–Crippen LogP) is 4.53. The molecule has 1 aliphatic rings. The van der Waals surface area contributed by atoms with Gasteiger partial charge in [0.15, 0.2) is 6.10 Å². The maximum Gasteiger partial charge on any atom is 0.513 e. The Morgan fingerprint density at radius 3 is 2.11 bits per heavy atom. The van der Waals surface area contributed by atoms with Crippen LogP contribution in [0.3, 0.4) is 0 Å². The van der Waals surface area contributed by atoms with Gasteiger partial charge in [-0.2, -0.15) is 0 Å². The van der Waals surface area contributed by atoms with Crippen molar-refractivity contribution in [2.24, 2.45) is 0 Å². The molecule has 0 bridgehead atoms. The van der Waals surface area contributed by atoms with E-state index in [0.717, 1.165) is 0 Å². The zero-order valence-corrected chi connectivity index (χ0v) is 20.8. The second-order valence-electron chi connectivity index (χ2n) is 8.87. The van der Waals surface area contributed by atoms with E-state index in [9.17, 15) is 14.4 Å². The molecule has 1 fully saturated rings. The smallest absolute Gasteiger partial charge is 0.481 e. The summed E-state index contributed by atoms with van der Waals surface area (Å²) in [5.74, 6) is 1.16. The van der Waals surface area contributed by atoms with Crippen LogP contribution in [-0.2, 0) is 9.53 Å². The van der Waals surface area contributed by atoms with E-state index in [1.807, 2.05) is 24.3 Å². The molecule has 0 aromatic heterocycles. The predicted molar refractivity (Wildman–Crippen MR) is 132 cm³/mol. The molecule has 1 aliphatic heterocycles. The molecule has 188 valence electrons. The third-order valence-corrected chi connectivity index (χ3v) is 5.93. The van der Waals surface area contributed by atoms with Crippen LogP contribution in [-0.4, -0.2) is 54.7 Å². The molecular weight excluding hydrogens is 448 g/mol. The van der Waals surface area contributed by atoms with Gasteiger partial charge < -0.3 is 24.4 Å². The van der Waals surface area contributed by atoms with E-state index < -0.39 is 12.3 Å². The first kappa shape index (κ1) is 26.1. The highest BCUT2D eigenvalue weighted by atomic mass is 16.7. The average molecular weight is 483 g/mol. The van der Waals surface area contributed by atoms with E-state index in [0.29, 0.717) is 48.9 Å². The standard InChI is InChI=1S/C27H34N2O6/c1-5-33-27(32)35-24-12-8-21(9-13-24)25(30)28-22-14-16-29(17-15-22)26(31)19(4)34-23-10-6-20(7-11-23)18(2)3/h6-13,18-19,22H,5,14-17H2,1-4H3,(H,28,30). The van der Waals surface area contributed by atoms with Gasteiger partial charge >= 0.3 is 6.16 Å². The van der Waals surface area contributed by atoms with Crippen molar-refractivity contribution in [2.75, 3.05) is 19.7 Å². The van der Waals surface area contributed by atoms with Crippen LogP contribution in [0.5, 0.6) is 11.5 Å². The maximum atomic E-state index is 12.8. The molecule has 1 heterocycles. The number of carbonyl (C=O) groups is 3. The number of hydrogen-bond donors (Lipinski definition) is 1. The molecule has 0 radical (unpaired) electrons. The van der Waals surface area contributed by atoms with Gasteiger partial charge in [-0.25, -0.2) is 4.79 Å². The van der Waals surface area contributed by atoms with Gasteiger partial charge in [-0.05, 0) is 74.6 Å². The summed E-state index contributed by atoms with van der Waals surface area (Å²) < 4.78 is 15.6. The SMILES string of the molecule is CCOC(=O)Oc1ccc(C(=O)NC2CCN(C(=O)C(C)Oc3ccc(C(C)C)cc3)CC2)cc1. The fourth-order valence-electron chi connectivity index (χ4n) is 3.87. The second kappa shape index (κ2) is 12.2. The Balaban J connectivity index is 1.44. The van der Waals surface area contributed by atoms with Gasteiger partial charge in [0.1, 0.15) is 11.5 Å². The van der Waals surface area contributed by atoms with E-state index in [4.69, 9.17) is 14.2 Å². The molecule has 35 heavy (non-hydrogen) atoms. The van der Waals surface area contributed by atoms with Crippen molar-refractivity contribution in [3.05, 3.63) is 59.7 Å². The fourth-order valence-corrected chi connectivity index (χ4v) is 3.87. The molecule has 1 atom stereocenters. The molecule has 3 rings (SSSR count). The van der Waals surface area contributed by atoms with Crippen LogP contribution in [0.25, 0.3) is 0 Å². The lowest BCUT2D eigenvalue weighted by atomic mass is 10.0. The number of nitrogens with zero attached hydrogens (tertiary/aromatic N) is 1. The van der Waals surface area contributed by atoms with Gasteiger partial charge in [0, 0.05) is 24.7 Å². The van der Waals surface area contributed by atoms with Crippen molar-refractivity contribution in [1.82, 2.24) is 10.2 Å². The number of benzene rings is 2. The number of likely N-dealkylation sites (tertiary alicyclic amines) is 1. The Morgan fingerprint density at radius 1 is 0.943 bits per heavy atom. The summed E-state index contributed by atoms with van der Waals surface area (Å²) in [6.45, 7) is 9.05. The van der Waals surface area contributed by atoms with Crippen molar-refractivity contribution in [3.63, 3.8) is 0 Å². The molecule has 1 N–H and O–H groups in total. The third kappa shape index (κ3) is 7.47. The summed E-state index contributed by atoms with van der Waals surface area (Å²) in [6, 6.07) is 14.1. The fraction of sp³-hybridized carbons (Fsp3) is 0.444. The summed E-state index contributed by atoms with van der Waals surface area (Å²) in [4.78, 5) is 38.6. The van der Waals surface area contributed by atoms with Crippen LogP contribution >= 0.6 is 0 Å². The van der Waals surface area contributed by atoms with Crippen molar-refractivity contribution >= 4 is 18.0 Å². The van der Waals surface area contributed by atoms with Crippen LogP contribution in [0, 0.1) is 0 Å². The molecule has 0 spiro atoms. The molecule has 1 saturated heterocycles. The average Bonchev–Trinajstić information content (AvgIpc) is 2.85. The van der Waals surface area contributed by atoms with Crippen LogP contribution < -0.4 is 14.8 Å². The number of nitrogens with one attached hydrogen (secondary N) is 1. The molecule has 8 nitrogen and oxygen atoms in total. The zero-order valence-electron chi connectivity index (χ0n) is 20.8. The van der Waals surface area contributed by atoms with Crippen LogP contribution in [0.4, 0.5) is 4.79 Å². The van der Waals surface area contributed by atoms with Gasteiger partial charge in [-0.3, -0.25) is 9.59 Å². The van der Waals surface area contributed by atoms with Crippen LogP contribution in [0.15, 0.2) is 48.5 Å². The van der Waals surface area contributed by atoms with Crippen LogP contribution in [0.1, 0.15) is 62.4 Å². The first-order valence-electron chi connectivity index (χ1n) is 12.1. The summed E-state index contributed by atoms with van der Waals surface area (Å²) in [5.41, 5.74) is 1.69. The topological polar surface area (TPSA) is 94.2 Å². The van der Waals surface area contributed by atoms with Crippen LogP contribution in [0.2, 0.25) is 0 Å². The second-order valence-corrected chi connectivity index (χ2v) is 8.87. The zero-order chi connectivity index (χ0) is 25.4. The van der Waals surface area contributed by atoms with Crippen molar-refractivity contribution in [3.8, 4) is 11.5 Å². The first-order valence-corrected chi connectivity index (χ1v) is 12.1. The Morgan fingerprint density at radius 2 is 1.54 bits per heavy atom. The van der Waals surface area contributed by atoms with Crippen molar-refractivity contribution in [2.45, 2.75) is 58.6 Å². The molecular formula is C27H34N2O6. The largest absolute Gasteiger partial charge is 0.513 e. The third-order valence-electron chi connectivity index (χ3n) is 5.93. The quantitative estimate of drug-likeness (QED) is 0.439. The molecule has 0 saturated carbocycles. The van der Waals surface area contributed by atoms with E-state index in [1.165, 1.54) is 5.56 Å². The van der Waals surface area contributed by atoms with Crippen molar-refractivity contribution in [1.29, 1.82) is 0 Å². The molecule has 2 aromatic rings. The van der Waals surface area contributed by atoms with Gasteiger partial charge in [0.2, 0.25) is 0 Å². The number of carbonyl (C=O) groups excluding carboxylic acids is 3. The molecule has 1 unspecified atom stereocenters. The number of piperidine rings is 1. The molecule has 2 amide bonds. The maximum absolute atomic E-state index is 12.8. The highest BCUT2D eigenvalue weighted by Gasteiger charge is 2.28. The molecule has 8 heteroatoms. The van der Waals surface area contributed by atoms with Gasteiger partial charge in [-0.1, -0.05) is 26.0 Å². The van der Waals surface area contributed by atoms with E-state index in [1.54, 1.807) is 43.0 Å². The Labute approximate surface area is 206 Å². The lowest BCUT2D eigenvalue weighted by Crippen LogP contribution is -2.49. The summed E-state index contributed by atoms with van der Waals surface area (Å²) in [5, 5.41) is 3.02. The van der Waals surface area contributed by atoms with Gasteiger partial charge in [0.05, 0.1) is 6.61 Å². The Bertz CT molecular complexity index is 995. The summed E-state index contributed by atoms with van der Waals surface area (Å²) in [6.07, 6.45) is -0.0366.